The van der Waals surface area contributed by atoms with E-state index in [1.165, 1.54) is 6.42 Å². The molecule has 0 radical (unpaired) electrons. The molecule has 0 saturated carbocycles. The van der Waals surface area contributed by atoms with E-state index < -0.39 is 0 Å². The maximum Gasteiger partial charge on any atom is 0.255 e. The third-order valence-electron chi connectivity index (χ3n) is 4.04. The summed E-state index contributed by atoms with van der Waals surface area (Å²) in [6, 6.07) is 5.86. The Morgan fingerprint density at radius 2 is 2.35 bits per heavy atom. The van der Waals surface area contributed by atoms with Crippen LogP contribution in [-0.4, -0.2) is 43.3 Å². The second kappa shape index (κ2) is 5.71. The van der Waals surface area contributed by atoms with Crippen LogP contribution >= 0.6 is 0 Å². The van der Waals surface area contributed by atoms with Crippen LogP contribution in [0.3, 0.4) is 0 Å². The zero-order chi connectivity index (χ0) is 13.9. The summed E-state index contributed by atoms with van der Waals surface area (Å²) in [4.78, 5) is 14.7. The fraction of sp³-hybridized carbons (Fsp3) is 0.533. The third-order valence-corrected chi connectivity index (χ3v) is 4.04. The number of hydrogen-bond donors (Lipinski definition) is 1. The standard InChI is InChI=1S/C15H20N2O3/c1-2-17-8-4-5-11(17)9-16-15(18)12-6-3-7-13-14(12)20-10-19-13/h3,6-7,11H,2,4-5,8-10H2,1H3,(H,16,18). The summed E-state index contributed by atoms with van der Waals surface area (Å²) < 4.78 is 10.7. The van der Waals surface area contributed by atoms with Gasteiger partial charge in [-0.05, 0) is 38.1 Å². The maximum absolute atomic E-state index is 12.3. The van der Waals surface area contributed by atoms with Crippen molar-refractivity contribution in [3.63, 3.8) is 0 Å². The molecule has 1 fully saturated rings. The topological polar surface area (TPSA) is 50.8 Å². The van der Waals surface area contributed by atoms with Crippen molar-refractivity contribution < 1.29 is 14.3 Å². The van der Waals surface area contributed by atoms with Gasteiger partial charge in [0.1, 0.15) is 0 Å². The minimum Gasteiger partial charge on any atom is -0.454 e. The van der Waals surface area contributed by atoms with E-state index >= 15 is 0 Å². The minimum atomic E-state index is -0.0877. The van der Waals surface area contributed by atoms with Crippen LogP contribution in [-0.2, 0) is 0 Å². The SMILES string of the molecule is CCN1CCCC1CNC(=O)c1cccc2c1OCO2. The fourth-order valence-electron chi connectivity index (χ4n) is 2.96. The van der Waals surface area contributed by atoms with E-state index in [0.29, 0.717) is 29.6 Å². The molecule has 2 heterocycles. The van der Waals surface area contributed by atoms with Crippen LogP contribution in [0.25, 0.3) is 0 Å². The molecule has 1 amide bonds. The maximum atomic E-state index is 12.3. The van der Waals surface area contributed by atoms with E-state index in [0.717, 1.165) is 19.5 Å². The number of amides is 1. The fourth-order valence-corrected chi connectivity index (χ4v) is 2.96. The molecule has 5 heteroatoms. The molecule has 20 heavy (non-hydrogen) atoms. The predicted octanol–water partition coefficient (Wildman–Crippen LogP) is 1.63. The van der Waals surface area contributed by atoms with Crippen molar-refractivity contribution in [2.75, 3.05) is 26.4 Å². The Morgan fingerprint density at radius 1 is 1.45 bits per heavy atom. The Bertz CT molecular complexity index is 504. The van der Waals surface area contributed by atoms with E-state index in [9.17, 15) is 4.79 Å². The number of hydrogen-bond acceptors (Lipinski definition) is 4. The molecule has 1 aromatic rings. The molecule has 0 spiro atoms. The summed E-state index contributed by atoms with van der Waals surface area (Å²) in [6.45, 7) is 5.21. The molecule has 5 nitrogen and oxygen atoms in total. The Morgan fingerprint density at radius 3 is 3.20 bits per heavy atom. The predicted molar refractivity (Wildman–Crippen MR) is 75.2 cm³/mol. The first kappa shape index (κ1) is 13.2. The molecule has 1 aromatic carbocycles. The van der Waals surface area contributed by atoms with Gasteiger partial charge in [-0.2, -0.15) is 0 Å². The lowest BCUT2D eigenvalue weighted by molar-refractivity contribution is 0.0936. The molecule has 1 unspecified atom stereocenters. The molecule has 1 saturated heterocycles. The summed E-state index contributed by atoms with van der Waals surface area (Å²) in [6.07, 6.45) is 2.37. The van der Waals surface area contributed by atoms with Gasteiger partial charge in [0.25, 0.3) is 5.91 Å². The normalized spacial score (nSPS) is 21.1. The van der Waals surface area contributed by atoms with Gasteiger partial charge in [-0.3, -0.25) is 9.69 Å². The van der Waals surface area contributed by atoms with Crippen molar-refractivity contribution in [3.05, 3.63) is 23.8 Å². The summed E-state index contributed by atoms with van der Waals surface area (Å²) >= 11 is 0. The largest absolute Gasteiger partial charge is 0.454 e. The van der Waals surface area contributed by atoms with Gasteiger partial charge in [0.15, 0.2) is 11.5 Å². The quantitative estimate of drug-likeness (QED) is 0.908. The number of ether oxygens (including phenoxy) is 2. The molecular weight excluding hydrogens is 256 g/mol. The second-order valence-electron chi connectivity index (χ2n) is 5.17. The number of nitrogens with one attached hydrogen (secondary N) is 1. The van der Waals surface area contributed by atoms with E-state index in [1.54, 1.807) is 6.07 Å². The lowest BCUT2D eigenvalue weighted by Crippen LogP contribution is -2.40. The number of rotatable bonds is 4. The highest BCUT2D eigenvalue weighted by atomic mass is 16.7. The lowest BCUT2D eigenvalue weighted by atomic mass is 10.1. The Balaban J connectivity index is 1.64. The molecule has 2 aliphatic rings. The van der Waals surface area contributed by atoms with Gasteiger partial charge in [0.2, 0.25) is 6.79 Å². The van der Waals surface area contributed by atoms with Crippen molar-refractivity contribution in [2.45, 2.75) is 25.8 Å². The number of carbonyl (C=O) groups excluding carboxylic acids is 1. The highest BCUT2D eigenvalue weighted by Gasteiger charge is 2.25. The first-order valence-electron chi connectivity index (χ1n) is 7.20. The molecule has 0 aromatic heterocycles. The number of nitrogens with zero attached hydrogens (tertiary/aromatic N) is 1. The van der Waals surface area contributed by atoms with Crippen LogP contribution in [0.15, 0.2) is 18.2 Å². The van der Waals surface area contributed by atoms with Crippen molar-refractivity contribution in [2.24, 2.45) is 0 Å². The summed E-state index contributed by atoms with van der Waals surface area (Å²) in [5, 5.41) is 3.02. The lowest BCUT2D eigenvalue weighted by Gasteiger charge is -2.22. The molecule has 2 aliphatic heterocycles. The average molecular weight is 276 g/mol. The van der Waals surface area contributed by atoms with Crippen molar-refractivity contribution in [3.8, 4) is 11.5 Å². The Kier molecular flexibility index (Phi) is 3.78. The number of likely N-dealkylation sites (N-methyl/N-ethyl adjacent to an activating group) is 1. The van der Waals surface area contributed by atoms with E-state index in [2.05, 4.69) is 17.1 Å². The van der Waals surface area contributed by atoms with Gasteiger partial charge in [0.05, 0.1) is 5.56 Å². The number of para-hydroxylation sites is 1. The van der Waals surface area contributed by atoms with Gasteiger partial charge in [-0.25, -0.2) is 0 Å². The van der Waals surface area contributed by atoms with Crippen LogP contribution in [0.2, 0.25) is 0 Å². The molecule has 1 N–H and O–H groups in total. The molecule has 108 valence electrons. The molecule has 3 rings (SSSR count). The van der Waals surface area contributed by atoms with Crippen LogP contribution < -0.4 is 14.8 Å². The van der Waals surface area contributed by atoms with Crippen molar-refractivity contribution >= 4 is 5.91 Å². The second-order valence-corrected chi connectivity index (χ2v) is 5.17. The molecule has 0 bridgehead atoms. The van der Waals surface area contributed by atoms with E-state index in [4.69, 9.17) is 9.47 Å². The Labute approximate surface area is 118 Å². The number of benzene rings is 1. The first-order valence-corrected chi connectivity index (χ1v) is 7.20. The smallest absolute Gasteiger partial charge is 0.255 e. The van der Waals surface area contributed by atoms with E-state index in [1.807, 2.05) is 12.1 Å². The van der Waals surface area contributed by atoms with Crippen molar-refractivity contribution in [1.29, 1.82) is 0 Å². The van der Waals surface area contributed by atoms with Gasteiger partial charge < -0.3 is 14.8 Å². The Hall–Kier alpha value is -1.75. The van der Waals surface area contributed by atoms with Crippen LogP contribution in [0.1, 0.15) is 30.1 Å². The summed E-state index contributed by atoms with van der Waals surface area (Å²) in [7, 11) is 0. The van der Waals surface area contributed by atoms with Gasteiger partial charge >= 0.3 is 0 Å². The third kappa shape index (κ3) is 2.45. The summed E-state index contributed by atoms with van der Waals surface area (Å²) in [5.74, 6) is 1.12. The number of likely N-dealkylation sites (tertiary alicyclic amines) is 1. The molecule has 0 aliphatic carbocycles. The van der Waals surface area contributed by atoms with Gasteiger partial charge in [-0.1, -0.05) is 13.0 Å². The zero-order valence-corrected chi connectivity index (χ0v) is 11.7. The highest BCUT2D eigenvalue weighted by molar-refractivity contribution is 5.97. The number of fused-ring (bicyclic) bond motifs is 1. The van der Waals surface area contributed by atoms with Crippen LogP contribution in [0, 0.1) is 0 Å². The zero-order valence-electron chi connectivity index (χ0n) is 11.7. The average Bonchev–Trinajstić information content (AvgIpc) is 3.12. The van der Waals surface area contributed by atoms with Crippen LogP contribution in [0.5, 0.6) is 11.5 Å². The molecule has 1 atom stereocenters. The first-order chi connectivity index (χ1) is 9.79. The monoisotopic (exact) mass is 276 g/mol. The van der Waals surface area contributed by atoms with E-state index in [-0.39, 0.29) is 12.7 Å². The minimum absolute atomic E-state index is 0.0877. The van der Waals surface area contributed by atoms with Gasteiger partial charge in [0, 0.05) is 12.6 Å². The van der Waals surface area contributed by atoms with Gasteiger partial charge in [-0.15, -0.1) is 0 Å². The highest BCUT2D eigenvalue weighted by Crippen LogP contribution is 2.35. The molecular formula is C15H20N2O3. The summed E-state index contributed by atoms with van der Waals surface area (Å²) in [5.41, 5.74) is 0.557. The number of carbonyl (C=O) groups is 1. The van der Waals surface area contributed by atoms with Crippen LogP contribution in [0.4, 0.5) is 0 Å². The van der Waals surface area contributed by atoms with Crippen molar-refractivity contribution in [1.82, 2.24) is 10.2 Å².